The van der Waals surface area contributed by atoms with Gasteiger partial charge in [-0.05, 0) is 50.0 Å². The maximum absolute atomic E-state index is 12.1. The smallest absolute Gasteiger partial charge is 0.310 e. The molecule has 0 amide bonds. The Morgan fingerprint density at radius 2 is 2.00 bits per heavy atom. The van der Waals surface area contributed by atoms with E-state index in [-0.39, 0.29) is 17.8 Å². The molecule has 21 heavy (non-hydrogen) atoms. The third kappa shape index (κ3) is 2.90. The number of hydrogen-bond donors (Lipinski definition) is 1. The summed E-state index contributed by atoms with van der Waals surface area (Å²) in [6.45, 7) is 10.4. The van der Waals surface area contributed by atoms with E-state index in [1.165, 1.54) is 5.57 Å². The first-order valence-corrected chi connectivity index (χ1v) is 7.66. The Morgan fingerprint density at radius 1 is 1.38 bits per heavy atom. The molecule has 2 nitrogen and oxygen atoms in total. The standard InChI is InChI=1S/C19H25O2/c1-13-10-15(3)19(18(20)21,16(4)11-13)12-14(2)17-8-6-5-7-9-17/h5-10,14-16H,2,11-12H2,1,3-4H3,(H,20,21). The van der Waals surface area contributed by atoms with Gasteiger partial charge in [0.25, 0.3) is 0 Å². The molecule has 1 radical (unpaired) electrons. The molecule has 1 aliphatic carbocycles. The Kier molecular flexibility index (Phi) is 4.55. The SMILES string of the molecule is [CH2]C(CC1(C(=O)O)C(C)C=C(C)CC1C)c1ccccc1. The second kappa shape index (κ2) is 6.05. The monoisotopic (exact) mass is 285 g/mol. The van der Waals surface area contributed by atoms with E-state index in [0.717, 1.165) is 12.0 Å². The van der Waals surface area contributed by atoms with Crippen molar-refractivity contribution in [1.82, 2.24) is 0 Å². The number of benzene rings is 1. The zero-order chi connectivity index (χ0) is 15.6. The molecule has 0 saturated heterocycles. The van der Waals surface area contributed by atoms with E-state index in [2.05, 4.69) is 26.8 Å². The van der Waals surface area contributed by atoms with Crippen LogP contribution in [0.1, 0.15) is 45.1 Å². The number of rotatable bonds is 4. The Morgan fingerprint density at radius 3 is 2.52 bits per heavy atom. The molecule has 4 atom stereocenters. The van der Waals surface area contributed by atoms with E-state index in [0.29, 0.717) is 6.42 Å². The fourth-order valence-electron chi connectivity index (χ4n) is 3.89. The Balaban J connectivity index is 2.33. The predicted molar refractivity (Wildman–Crippen MR) is 85.9 cm³/mol. The largest absolute Gasteiger partial charge is 0.481 e. The second-order valence-electron chi connectivity index (χ2n) is 6.56. The van der Waals surface area contributed by atoms with Crippen LogP contribution in [0, 0.1) is 24.2 Å². The van der Waals surface area contributed by atoms with Crippen LogP contribution in [-0.4, -0.2) is 11.1 Å². The van der Waals surface area contributed by atoms with Crippen molar-refractivity contribution >= 4 is 5.97 Å². The highest BCUT2D eigenvalue weighted by Gasteiger charge is 2.49. The number of aliphatic carboxylic acids is 1. The molecular formula is C19H25O2. The van der Waals surface area contributed by atoms with Crippen molar-refractivity contribution in [3.63, 3.8) is 0 Å². The van der Waals surface area contributed by atoms with Gasteiger partial charge in [-0.3, -0.25) is 4.79 Å². The lowest BCUT2D eigenvalue weighted by molar-refractivity contribution is -0.156. The van der Waals surface area contributed by atoms with Gasteiger partial charge in [0.05, 0.1) is 5.41 Å². The van der Waals surface area contributed by atoms with E-state index in [1.54, 1.807) is 0 Å². The minimum atomic E-state index is -0.720. The van der Waals surface area contributed by atoms with Crippen molar-refractivity contribution in [1.29, 1.82) is 0 Å². The number of carboxylic acid groups (broad SMARTS) is 1. The number of hydrogen-bond acceptors (Lipinski definition) is 1. The summed E-state index contributed by atoms with van der Waals surface area (Å²) in [5.74, 6) is -0.524. The number of allylic oxidation sites excluding steroid dienone is 2. The van der Waals surface area contributed by atoms with Gasteiger partial charge < -0.3 is 5.11 Å². The lowest BCUT2D eigenvalue weighted by Gasteiger charge is -2.44. The molecule has 1 aliphatic rings. The van der Waals surface area contributed by atoms with Gasteiger partial charge in [0.1, 0.15) is 0 Å². The molecule has 0 saturated carbocycles. The quantitative estimate of drug-likeness (QED) is 0.815. The molecule has 1 aromatic rings. The third-order valence-electron chi connectivity index (χ3n) is 5.11. The number of carbonyl (C=O) groups is 1. The van der Waals surface area contributed by atoms with E-state index in [1.807, 2.05) is 37.3 Å². The maximum atomic E-state index is 12.1. The lowest BCUT2D eigenvalue weighted by atomic mass is 9.58. The Hall–Kier alpha value is -1.57. The van der Waals surface area contributed by atoms with Crippen LogP contribution < -0.4 is 0 Å². The normalized spacial score (nSPS) is 30.6. The molecule has 4 unspecified atom stereocenters. The molecular weight excluding hydrogens is 260 g/mol. The molecule has 2 heteroatoms. The first-order chi connectivity index (χ1) is 9.87. The van der Waals surface area contributed by atoms with Crippen LogP contribution in [0.4, 0.5) is 0 Å². The molecule has 2 rings (SSSR count). The van der Waals surface area contributed by atoms with E-state index >= 15 is 0 Å². The summed E-state index contributed by atoms with van der Waals surface area (Å²) in [4.78, 5) is 12.1. The topological polar surface area (TPSA) is 37.3 Å². The van der Waals surface area contributed by atoms with Crippen LogP contribution in [0.15, 0.2) is 42.0 Å². The molecule has 0 bridgehead atoms. The Labute approximate surface area is 127 Å². The predicted octanol–water partition coefficient (Wildman–Crippen LogP) is 4.69. The van der Waals surface area contributed by atoms with Gasteiger partial charge in [-0.2, -0.15) is 0 Å². The molecule has 0 heterocycles. The summed E-state index contributed by atoms with van der Waals surface area (Å²) in [5, 5.41) is 9.95. The highest BCUT2D eigenvalue weighted by atomic mass is 16.4. The lowest BCUT2D eigenvalue weighted by Crippen LogP contribution is -2.45. The van der Waals surface area contributed by atoms with Crippen LogP contribution in [0.5, 0.6) is 0 Å². The summed E-state index contributed by atoms with van der Waals surface area (Å²) in [5.41, 5.74) is 1.69. The highest BCUT2D eigenvalue weighted by molar-refractivity contribution is 5.76. The summed E-state index contributed by atoms with van der Waals surface area (Å²) in [6.07, 6.45) is 3.57. The van der Waals surface area contributed by atoms with Gasteiger partial charge in [0, 0.05) is 0 Å². The fourth-order valence-corrected chi connectivity index (χ4v) is 3.89. The van der Waals surface area contributed by atoms with E-state index in [4.69, 9.17) is 0 Å². The second-order valence-corrected chi connectivity index (χ2v) is 6.56. The van der Waals surface area contributed by atoms with E-state index < -0.39 is 11.4 Å². The van der Waals surface area contributed by atoms with Crippen LogP contribution in [0.2, 0.25) is 0 Å². The van der Waals surface area contributed by atoms with Crippen LogP contribution >= 0.6 is 0 Å². The van der Waals surface area contributed by atoms with Gasteiger partial charge in [0.2, 0.25) is 0 Å². The average molecular weight is 285 g/mol. The molecule has 1 aromatic carbocycles. The van der Waals surface area contributed by atoms with Crippen molar-refractivity contribution in [3.8, 4) is 0 Å². The van der Waals surface area contributed by atoms with Crippen LogP contribution in [0.3, 0.4) is 0 Å². The first-order valence-electron chi connectivity index (χ1n) is 7.66. The molecule has 0 aliphatic heterocycles. The average Bonchev–Trinajstić information content (AvgIpc) is 2.43. The summed E-state index contributed by atoms with van der Waals surface area (Å²) >= 11 is 0. The van der Waals surface area contributed by atoms with Crippen molar-refractivity contribution in [2.45, 2.75) is 39.5 Å². The van der Waals surface area contributed by atoms with Crippen molar-refractivity contribution in [2.24, 2.45) is 17.3 Å². The van der Waals surface area contributed by atoms with Crippen molar-refractivity contribution in [3.05, 3.63) is 54.5 Å². The summed E-state index contributed by atoms with van der Waals surface area (Å²) in [7, 11) is 0. The van der Waals surface area contributed by atoms with Crippen LogP contribution in [0.25, 0.3) is 0 Å². The van der Waals surface area contributed by atoms with Gasteiger partial charge in [-0.1, -0.05) is 55.8 Å². The highest BCUT2D eigenvalue weighted by Crippen LogP contribution is 2.50. The molecule has 0 fully saturated rings. The zero-order valence-electron chi connectivity index (χ0n) is 13.2. The third-order valence-corrected chi connectivity index (χ3v) is 5.11. The minimum Gasteiger partial charge on any atom is -0.481 e. The fraction of sp³-hybridized carbons (Fsp3) is 0.474. The van der Waals surface area contributed by atoms with Crippen molar-refractivity contribution < 1.29 is 9.90 Å². The molecule has 0 aromatic heterocycles. The summed E-state index contributed by atoms with van der Waals surface area (Å²) in [6, 6.07) is 10.0. The number of carboxylic acids is 1. The maximum Gasteiger partial charge on any atom is 0.310 e. The van der Waals surface area contributed by atoms with Gasteiger partial charge in [-0.25, -0.2) is 0 Å². The van der Waals surface area contributed by atoms with Crippen molar-refractivity contribution in [2.75, 3.05) is 0 Å². The van der Waals surface area contributed by atoms with Gasteiger partial charge in [0.15, 0.2) is 0 Å². The Bertz CT molecular complexity index is 532. The minimum absolute atomic E-state index is 0.000920. The van der Waals surface area contributed by atoms with Crippen LogP contribution in [-0.2, 0) is 4.79 Å². The van der Waals surface area contributed by atoms with Gasteiger partial charge >= 0.3 is 5.97 Å². The first kappa shape index (κ1) is 15.8. The summed E-state index contributed by atoms with van der Waals surface area (Å²) < 4.78 is 0. The molecule has 0 spiro atoms. The zero-order valence-corrected chi connectivity index (χ0v) is 13.2. The van der Waals surface area contributed by atoms with Gasteiger partial charge in [-0.15, -0.1) is 0 Å². The van der Waals surface area contributed by atoms with E-state index in [9.17, 15) is 9.90 Å². The molecule has 1 N–H and O–H groups in total. The molecule has 113 valence electrons.